The van der Waals surface area contributed by atoms with Gasteiger partial charge in [0.1, 0.15) is 0 Å². The minimum absolute atomic E-state index is 0.495. The average molecular weight is 859 g/mol. The van der Waals surface area contributed by atoms with E-state index >= 15 is 0 Å². The van der Waals surface area contributed by atoms with Gasteiger partial charge < -0.3 is 9.80 Å². The molecule has 1 unspecified atom stereocenters. The molecule has 0 N–H and O–H groups in total. The van der Waals surface area contributed by atoms with Gasteiger partial charge in [0.25, 0.3) is 0 Å². The van der Waals surface area contributed by atoms with E-state index in [1.54, 1.807) is 0 Å². The summed E-state index contributed by atoms with van der Waals surface area (Å²) in [6.45, 7) is 0. The van der Waals surface area contributed by atoms with Gasteiger partial charge in [-0.05, 0) is 142 Å². The predicted octanol–water partition coefficient (Wildman–Crippen LogP) is 17.1. The van der Waals surface area contributed by atoms with Crippen molar-refractivity contribution in [2.75, 3.05) is 9.80 Å². The zero-order valence-electron chi connectivity index (χ0n) is 36.2. The highest BCUT2D eigenvalue weighted by Gasteiger charge is 2.55. The molecule has 66 heavy (non-hydrogen) atoms. The molecule has 310 valence electrons. The minimum Gasteiger partial charge on any atom is -0.311 e. The monoisotopic (exact) mass is 858 g/mol. The van der Waals surface area contributed by atoms with Crippen molar-refractivity contribution in [1.82, 2.24) is 0 Å². The Labute approximate surface area is 390 Å². The van der Waals surface area contributed by atoms with Crippen LogP contribution in [0, 0.1) is 12.1 Å². The standard InChI is InChI=1S/C63H42N2S/c1-5-18-43(19-6-1)44-32-37-50(38-33-44)64(47-20-7-2-8-21-47)51-39-34-45(35-40-51)46-36-41-53-52-26-13-15-28-55(52)63(57(53)42-46)56-29-17-30-58(61(56)60-54-27-14-16-31-59(54)66-62(60)63)65(48-22-9-3-10-23-48)49-24-11-4-12-25-49/h1-15,17-30,32-35,37-40,42H,36,41H2. The van der Waals surface area contributed by atoms with Gasteiger partial charge in [-0.3, -0.25) is 0 Å². The number of allylic oxidation sites excluding steroid dienone is 4. The molecule has 10 aromatic rings. The third-order valence-corrected chi connectivity index (χ3v) is 15.1. The van der Waals surface area contributed by atoms with E-state index in [2.05, 4.69) is 246 Å². The first-order valence-electron chi connectivity index (χ1n) is 22.8. The molecule has 1 heterocycles. The number of fused-ring (bicyclic) bond motifs is 11. The van der Waals surface area contributed by atoms with Crippen molar-refractivity contribution >= 4 is 66.7 Å². The van der Waals surface area contributed by atoms with Crippen LogP contribution in [-0.4, -0.2) is 0 Å². The van der Waals surface area contributed by atoms with Gasteiger partial charge in [0, 0.05) is 49.8 Å². The molecule has 0 aliphatic heterocycles. The van der Waals surface area contributed by atoms with Crippen LogP contribution in [0.5, 0.6) is 0 Å². The molecule has 0 saturated carbocycles. The molecule has 1 spiro atoms. The molecule has 3 aliphatic rings. The van der Waals surface area contributed by atoms with E-state index in [-0.39, 0.29) is 0 Å². The van der Waals surface area contributed by atoms with Gasteiger partial charge in [-0.25, -0.2) is 0 Å². The zero-order valence-corrected chi connectivity index (χ0v) is 37.0. The third kappa shape index (κ3) is 5.89. The highest BCUT2D eigenvalue weighted by molar-refractivity contribution is 7.20. The first-order valence-corrected chi connectivity index (χ1v) is 23.6. The fraction of sp³-hybridized carbons (Fsp3) is 0.0476. The second-order valence-corrected chi connectivity index (χ2v) is 18.4. The van der Waals surface area contributed by atoms with Gasteiger partial charge in [0.2, 0.25) is 0 Å². The molecule has 0 fully saturated rings. The minimum atomic E-state index is -0.495. The molecule has 0 bridgehead atoms. The van der Waals surface area contributed by atoms with Gasteiger partial charge in [-0.15, -0.1) is 11.3 Å². The fourth-order valence-corrected chi connectivity index (χ4v) is 12.4. The molecule has 13 rings (SSSR count). The number of benzene rings is 8. The van der Waals surface area contributed by atoms with Crippen LogP contribution in [-0.2, 0) is 5.41 Å². The Morgan fingerprint density at radius 1 is 0.439 bits per heavy atom. The Balaban J connectivity index is 0.969. The number of anilines is 6. The van der Waals surface area contributed by atoms with Gasteiger partial charge in [-0.1, -0.05) is 164 Å². The molecule has 1 atom stereocenters. The van der Waals surface area contributed by atoms with Crippen molar-refractivity contribution in [2.45, 2.75) is 18.3 Å². The Hall–Kier alpha value is -8.16. The van der Waals surface area contributed by atoms with E-state index in [1.165, 1.54) is 77.2 Å². The first kappa shape index (κ1) is 38.3. The normalized spacial score (nSPS) is 15.4. The summed E-state index contributed by atoms with van der Waals surface area (Å²) in [6.07, 6.45) is 4.51. The lowest BCUT2D eigenvalue weighted by atomic mass is 9.71. The predicted molar refractivity (Wildman–Crippen MR) is 277 cm³/mol. The van der Waals surface area contributed by atoms with Crippen LogP contribution in [0.2, 0.25) is 0 Å². The van der Waals surface area contributed by atoms with E-state index < -0.39 is 5.41 Å². The highest BCUT2D eigenvalue weighted by Crippen LogP contribution is 2.68. The molecule has 0 radical (unpaired) electrons. The van der Waals surface area contributed by atoms with Crippen LogP contribution in [0.25, 0.3) is 43.5 Å². The summed E-state index contributed by atoms with van der Waals surface area (Å²) in [4.78, 5) is 6.18. The summed E-state index contributed by atoms with van der Waals surface area (Å²) < 4.78 is 1.15. The van der Waals surface area contributed by atoms with Crippen molar-refractivity contribution in [3.05, 3.63) is 275 Å². The van der Waals surface area contributed by atoms with Gasteiger partial charge >= 0.3 is 0 Å². The van der Waals surface area contributed by atoms with E-state index in [1.807, 2.05) is 17.4 Å². The smallest absolute Gasteiger partial charge is 0.0854 e. The summed E-state index contributed by atoms with van der Waals surface area (Å²) in [5.74, 6) is 0. The zero-order chi connectivity index (χ0) is 43.6. The van der Waals surface area contributed by atoms with Crippen LogP contribution in [0.15, 0.2) is 236 Å². The fourth-order valence-electron chi connectivity index (χ4n) is 11.1. The van der Waals surface area contributed by atoms with Crippen LogP contribution >= 0.6 is 11.3 Å². The van der Waals surface area contributed by atoms with E-state index in [0.717, 1.165) is 46.0 Å². The second-order valence-electron chi connectivity index (χ2n) is 17.3. The topological polar surface area (TPSA) is 6.48 Å². The summed E-state index contributed by atoms with van der Waals surface area (Å²) in [5, 5.41) is 1.24. The average Bonchev–Trinajstić information content (AvgIpc) is 4.02. The number of hydrogen-bond donors (Lipinski definition) is 0. The van der Waals surface area contributed by atoms with Crippen LogP contribution in [0.1, 0.15) is 40.0 Å². The molecule has 0 amide bonds. The highest BCUT2D eigenvalue weighted by atomic mass is 32.1. The van der Waals surface area contributed by atoms with Crippen molar-refractivity contribution in [1.29, 1.82) is 0 Å². The summed E-state index contributed by atoms with van der Waals surface area (Å²) >= 11 is 1.89. The van der Waals surface area contributed by atoms with E-state index in [0.29, 0.717) is 0 Å². The van der Waals surface area contributed by atoms with Crippen LogP contribution in [0.4, 0.5) is 34.1 Å². The van der Waals surface area contributed by atoms with Crippen molar-refractivity contribution in [3.63, 3.8) is 0 Å². The number of hydrogen-bond acceptors (Lipinski definition) is 3. The Morgan fingerprint density at radius 3 is 1.65 bits per heavy atom. The maximum Gasteiger partial charge on any atom is 0.0854 e. The summed E-state index contributed by atoms with van der Waals surface area (Å²) in [5.41, 5.74) is 20.9. The van der Waals surface area contributed by atoms with Gasteiger partial charge in [0.15, 0.2) is 0 Å². The Morgan fingerprint density at radius 2 is 0.985 bits per heavy atom. The molecule has 1 aromatic heterocycles. The van der Waals surface area contributed by atoms with Gasteiger partial charge in [0.05, 0.1) is 15.8 Å². The molecular weight excluding hydrogens is 817 g/mol. The van der Waals surface area contributed by atoms with Crippen LogP contribution < -0.4 is 9.80 Å². The lowest BCUT2D eigenvalue weighted by molar-refractivity contribution is 0.799. The maximum atomic E-state index is 3.55. The van der Waals surface area contributed by atoms with Crippen molar-refractivity contribution in [3.8, 4) is 22.3 Å². The van der Waals surface area contributed by atoms with E-state index in [4.69, 9.17) is 0 Å². The molecule has 0 saturated heterocycles. The number of thiophene rings is 1. The summed E-state index contributed by atoms with van der Waals surface area (Å²) in [6, 6.07) is 88.5. The molecule has 9 aromatic carbocycles. The number of para-hydroxylation sites is 3. The summed E-state index contributed by atoms with van der Waals surface area (Å²) in [7, 11) is 0. The lowest BCUT2D eigenvalue weighted by Gasteiger charge is -2.33. The number of rotatable bonds is 8. The largest absolute Gasteiger partial charge is 0.311 e. The van der Waals surface area contributed by atoms with Gasteiger partial charge in [-0.2, -0.15) is 0 Å². The third-order valence-electron chi connectivity index (χ3n) is 13.9. The maximum absolute atomic E-state index is 3.55. The Kier molecular flexibility index (Phi) is 9.01. The SMILES string of the molecule is c1ccc2c3c(sc2c#1)C1(C2=C(CCC(c4ccc(N(c5ccccc5)c5ccc(-c6ccccc6)cc5)cc4)=C2)c2ccccc21)c1cccc(N(c2ccccc2)c2ccccc2)c1-3. The molecule has 3 aliphatic carbocycles. The molecule has 3 heteroatoms. The first-order chi connectivity index (χ1) is 32.8. The van der Waals surface area contributed by atoms with Crippen LogP contribution in [0.3, 0.4) is 0 Å². The lowest BCUT2D eigenvalue weighted by Crippen LogP contribution is -2.26. The molecule has 2 nitrogen and oxygen atoms in total. The van der Waals surface area contributed by atoms with Crippen molar-refractivity contribution in [2.24, 2.45) is 0 Å². The number of nitrogens with zero attached hydrogens (tertiary/aromatic N) is 2. The van der Waals surface area contributed by atoms with E-state index in [9.17, 15) is 0 Å². The van der Waals surface area contributed by atoms with Crippen molar-refractivity contribution < 1.29 is 0 Å². The molecular formula is C63H42N2S. The quantitative estimate of drug-likeness (QED) is 0.150. The second kappa shape index (κ2) is 15.5. The Bertz CT molecular complexity index is 3460.